The molecule has 0 bridgehead atoms. The maximum Gasteiger partial charge on any atom is 0.374 e. The first-order valence-corrected chi connectivity index (χ1v) is 10.8. The highest BCUT2D eigenvalue weighted by Gasteiger charge is 2.34. The van der Waals surface area contributed by atoms with E-state index in [9.17, 15) is 22.8 Å². The minimum Gasteiger partial charge on any atom is -0.450 e. The van der Waals surface area contributed by atoms with Gasteiger partial charge < -0.3 is 14.1 Å². The van der Waals surface area contributed by atoms with Crippen LogP contribution in [0.3, 0.4) is 0 Å². The Bertz CT molecular complexity index is 1060. The van der Waals surface area contributed by atoms with Gasteiger partial charge in [0.2, 0.25) is 5.76 Å². The van der Waals surface area contributed by atoms with Gasteiger partial charge in [-0.2, -0.15) is 0 Å². The van der Waals surface area contributed by atoms with E-state index in [0.717, 1.165) is 6.07 Å². The fourth-order valence-corrected chi connectivity index (χ4v) is 4.99. The predicted octanol–water partition coefficient (Wildman–Crippen LogP) is 1.38. The molecule has 150 valence electrons. The summed E-state index contributed by atoms with van der Waals surface area (Å²) in [6.07, 6.45) is 1.03. The van der Waals surface area contributed by atoms with Gasteiger partial charge in [0.05, 0.1) is 16.9 Å². The predicted molar refractivity (Wildman–Crippen MR) is 102 cm³/mol. The molecule has 2 heterocycles. The van der Waals surface area contributed by atoms with Gasteiger partial charge in [0.15, 0.2) is 21.9 Å². The van der Waals surface area contributed by atoms with Gasteiger partial charge in [-0.1, -0.05) is 19.1 Å². The first kappa shape index (κ1) is 20.1. The topological polar surface area (TPSA) is 111 Å². The standard InChI is InChI=1S/C19H21NO7S/c1-2-8-20(13-7-9-28(24,25)12-13)18(22)11-26-19(23)17-10-15(21)14-5-3-4-6-16(14)27-17/h3-6,10,13H,2,7-9,11-12H2,1H3/t13-/m1/s1. The van der Waals surface area contributed by atoms with Crippen molar-refractivity contribution >= 4 is 32.7 Å². The Kier molecular flexibility index (Phi) is 5.83. The van der Waals surface area contributed by atoms with Crippen LogP contribution in [-0.4, -0.2) is 55.9 Å². The highest BCUT2D eigenvalue weighted by Crippen LogP contribution is 2.19. The first-order valence-electron chi connectivity index (χ1n) is 9.00. The van der Waals surface area contributed by atoms with E-state index in [4.69, 9.17) is 9.15 Å². The number of rotatable bonds is 6. The number of benzene rings is 1. The second-order valence-corrected chi connectivity index (χ2v) is 8.92. The Morgan fingerprint density at radius 2 is 2.04 bits per heavy atom. The molecule has 28 heavy (non-hydrogen) atoms. The van der Waals surface area contributed by atoms with Crippen LogP contribution in [-0.2, 0) is 19.4 Å². The number of fused-ring (bicyclic) bond motifs is 1. The molecular weight excluding hydrogens is 386 g/mol. The van der Waals surface area contributed by atoms with Crippen LogP contribution in [0.5, 0.6) is 0 Å². The molecule has 0 aliphatic carbocycles. The molecule has 1 aliphatic rings. The van der Waals surface area contributed by atoms with Crippen LogP contribution >= 0.6 is 0 Å². The Labute approximate surface area is 162 Å². The summed E-state index contributed by atoms with van der Waals surface area (Å²) >= 11 is 0. The lowest BCUT2D eigenvalue weighted by atomic mass is 10.2. The second kappa shape index (κ2) is 8.14. The summed E-state index contributed by atoms with van der Waals surface area (Å²) < 4.78 is 33.8. The number of ether oxygens (including phenoxy) is 1. The van der Waals surface area contributed by atoms with Crippen LogP contribution < -0.4 is 5.43 Å². The summed E-state index contributed by atoms with van der Waals surface area (Å²) in [5.41, 5.74) is -0.138. The SMILES string of the molecule is CCCN(C(=O)COC(=O)c1cc(=O)c2ccccc2o1)[C@@H]1CCS(=O)(=O)C1. The lowest BCUT2D eigenvalue weighted by Gasteiger charge is -2.27. The van der Waals surface area contributed by atoms with Gasteiger partial charge in [-0.3, -0.25) is 9.59 Å². The first-order chi connectivity index (χ1) is 13.3. The molecule has 1 atom stereocenters. The van der Waals surface area contributed by atoms with Gasteiger partial charge in [-0.15, -0.1) is 0 Å². The number of carbonyl (C=O) groups is 2. The van der Waals surface area contributed by atoms with Crippen molar-refractivity contribution in [3.8, 4) is 0 Å². The smallest absolute Gasteiger partial charge is 0.374 e. The van der Waals surface area contributed by atoms with Crippen LogP contribution in [0.2, 0.25) is 0 Å². The number of nitrogens with zero attached hydrogens (tertiary/aromatic N) is 1. The lowest BCUT2D eigenvalue weighted by molar-refractivity contribution is -0.136. The summed E-state index contributed by atoms with van der Waals surface area (Å²) in [4.78, 5) is 38.3. The summed E-state index contributed by atoms with van der Waals surface area (Å²) in [7, 11) is -3.14. The third kappa shape index (κ3) is 4.41. The fraction of sp³-hybridized carbons (Fsp3) is 0.421. The molecule has 2 aromatic rings. The van der Waals surface area contributed by atoms with Gasteiger partial charge >= 0.3 is 5.97 Å². The second-order valence-electron chi connectivity index (χ2n) is 6.69. The third-order valence-electron chi connectivity index (χ3n) is 4.60. The van der Waals surface area contributed by atoms with Crippen molar-refractivity contribution in [1.82, 2.24) is 4.90 Å². The quantitative estimate of drug-likeness (QED) is 0.665. The van der Waals surface area contributed by atoms with Gasteiger partial charge in [0.25, 0.3) is 5.91 Å². The van der Waals surface area contributed by atoms with Crippen LogP contribution in [0, 0.1) is 0 Å². The molecule has 0 radical (unpaired) electrons. The highest BCUT2D eigenvalue weighted by atomic mass is 32.2. The Balaban J connectivity index is 1.69. The number of esters is 1. The number of carbonyl (C=O) groups excluding carboxylic acids is 2. The molecule has 0 unspecified atom stereocenters. The largest absolute Gasteiger partial charge is 0.450 e. The van der Waals surface area contributed by atoms with Crippen LogP contribution in [0.15, 0.2) is 39.5 Å². The molecule has 1 amide bonds. The molecule has 0 saturated carbocycles. The van der Waals surface area contributed by atoms with E-state index in [1.165, 1.54) is 4.90 Å². The van der Waals surface area contributed by atoms with E-state index in [0.29, 0.717) is 24.8 Å². The monoisotopic (exact) mass is 407 g/mol. The highest BCUT2D eigenvalue weighted by molar-refractivity contribution is 7.91. The average molecular weight is 407 g/mol. The maximum absolute atomic E-state index is 12.5. The normalized spacial score (nSPS) is 18.1. The zero-order valence-corrected chi connectivity index (χ0v) is 16.2. The van der Waals surface area contributed by atoms with Gasteiger partial charge in [-0.05, 0) is 25.0 Å². The third-order valence-corrected chi connectivity index (χ3v) is 6.35. The Morgan fingerprint density at radius 1 is 1.29 bits per heavy atom. The number of para-hydroxylation sites is 1. The Morgan fingerprint density at radius 3 is 2.71 bits per heavy atom. The number of amides is 1. The van der Waals surface area contributed by atoms with E-state index in [1.54, 1.807) is 24.3 Å². The van der Waals surface area contributed by atoms with Crippen molar-refractivity contribution in [2.75, 3.05) is 24.7 Å². The van der Waals surface area contributed by atoms with Crippen molar-refractivity contribution in [1.29, 1.82) is 0 Å². The number of sulfone groups is 1. The minimum atomic E-state index is -3.14. The molecule has 0 spiro atoms. The summed E-state index contributed by atoms with van der Waals surface area (Å²) in [6, 6.07) is 7.11. The minimum absolute atomic E-state index is 0.0488. The van der Waals surface area contributed by atoms with Crippen LogP contribution in [0.25, 0.3) is 11.0 Å². The van der Waals surface area contributed by atoms with Crippen molar-refractivity contribution < 1.29 is 27.2 Å². The van der Waals surface area contributed by atoms with Crippen molar-refractivity contribution in [2.45, 2.75) is 25.8 Å². The van der Waals surface area contributed by atoms with E-state index >= 15 is 0 Å². The van der Waals surface area contributed by atoms with Crippen molar-refractivity contribution in [2.24, 2.45) is 0 Å². The molecule has 3 rings (SSSR count). The number of hydrogen-bond donors (Lipinski definition) is 0. The molecular formula is C19H21NO7S. The van der Waals surface area contributed by atoms with Crippen LogP contribution in [0.4, 0.5) is 0 Å². The molecule has 1 aliphatic heterocycles. The van der Waals surface area contributed by atoms with E-state index in [-0.39, 0.29) is 28.3 Å². The summed E-state index contributed by atoms with van der Waals surface area (Å²) in [5.74, 6) is -1.71. The number of hydrogen-bond acceptors (Lipinski definition) is 7. The molecule has 8 nitrogen and oxygen atoms in total. The Hall–Kier alpha value is -2.68. The van der Waals surface area contributed by atoms with Gasteiger partial charge in [0.1, 0.15) is 5.58 Å². The van der Waals surface area contributed by atoms with Crippen molar-refractivity contribution in [3.63, 3.8) is 0 Å². The van der Waals surface area contributed by atoms with Crippen LogP contribution in [0.1, 0.15) is 30.3 Å². The zero-order chi connectivity index (χ0) is 20.3. The van der Waals surface area contributed by atoms with Gasteiger partial charge in [-0.25, -0.2) is 13.2 Å². The lowest BCUT2D eigenvalue weighted by Crippen LogP contribution is -2.43. The van der Waals surface area contributed by atoms with Gasteiger partial charge in [0, 0.05) is 18.7 Å². The zero-order valence-electron chi connectivity index (χ0n) is 15.4. The fourth-order valence-electron chi connectivity index (χ4n) is 3.26. The van der Waals surface area contributed by atoms with E-state index in [1.807, 2.05) is 6.92 Å². The van der Waals surface area contributed by atoms with E-state index in [2.05, 4.69) is 0 Å². The summed E-state index contributed by atoms with van der Waals surface area (Å²) in [5, 5.41) is 0.340. The molecule has 1 fully saturated rings. The molecule has 9 heteroatoms. The average Bonchev–Trinajstić information content (AvgIpc) is 3.03. The molecule has 0 N–H and O–H groups in total. The van der Waals surface area contributed by atoms with E-state index < -0.39 is 34.4 Å². The molecule has 1 saturated heterocycles. The van der Waals surface area contributed by atoms with Crippen molar-refractivity contribution in [3.05, 3.63) is 46.3 Å². The molecule has 1 aromatic carbocycles. The maximum atomic E-state index is 12.5. The summed E-state index contributed by atoms with van der Waals surface area (Å²) in [6.45, 7) is 1.70. The molecule has 1 aromatic heterocycles.